The summed E-state index contributed by atoms with van der Waals surface area (Å²) in [5.74, 6) is 0.338. The first-order valence-electron chi connectivity index (χ1n) is 5.77. The topological polar surface area (TPSA) is 42.4 Å². The van der Waals surface area contributed by atoms with Gasteiger partial charge in [-0.1, -0.05) is 12.1 Å². The molecule has 1 N–H and O–H groups in total. The van der Waals surface area contributed by atoms with Crippen LogP contribution in [0.1, 0.15) is 11.1 Å². The summed E-state index contributed by atoms with van der Waals surface area (Å²) in [5, 5.41) is 9.32. The molecule has 0 unspecified atom stereocenters. The van der Waals surface area contributed by atoms with E-state index in [1.54, 1.807) is 6.07 Å². The lowest BCUT2D eigenvalue weighted by Crippen LogP contribution is -2.04. The van der Waals surface area contributed by atoms with Crippen molar-refractivity contribution in [2.45, 2.75) is 12.8 Å². The molecule has 20 heavy (non-hydrogen) atoms. The number of ether oxygens (including phenoxy) is 1. The number of hydrogen-bond acceptors (Lipinski definition) is 3. The zero-order valence-electron chi connectivity index (χ0n) is 10.6. The molecule has 0 fully saturated rings. The Balaban J connectivity index is 2.41. The first kappa shape index (κ1) is 14.3. The van der Waals surface area contributed by atoms with Crippen molar-refractivity contribution in [2.75, 3.05) is 7.11 Å². The van der Waals surface area contributed by atoms with Crippen molar-refractivity contribution in [3.63, 3.8) is 0 Å². The molecule has 0 saturated carbocycles. The average Bonchev–Trinajstić information content (AvgIpc) is 2.45. The monoisotopic (exact) mass is 283 g/mol. The molecule has 0 atom stereocenters. The van der Waals surface area contributed by atoms with Crippen molar-refractivity contribution in [2.24, 2.45) is 0 Å². The Morgan fingerprint density at radius 3 is 2.35 bits per heavy atom. The lowest BCUT2D eigenvalue weighted by Gasteiger charge is -2.11. The van der Waals surface area contributed by atoms with Gasteiger partial charge in [-0.05, 0) is 23.3 Å². The van der Waals surface area contributed by atoms with Crippen LogP contribution in [0.4, 0.5) is 13.2 Å². The predicted octanol–water partition coefficient (Wildman–Crippen LogP) is 3.27. The van der Waals surface area contributed by atoms with Gasteiger partial charge in [0.25, 0.3) is 0 Å². The number of hydrogen-bond donors (Lipinski definition) is 1. The lowest BCUT2D eigenvalue weighted by atomic mass is 10.0. The van der Waals surface area contributed by atoms with E-state index in [4.69, 9.17) is 4.74 Å². The quantitative estimate of drug-likeness (QED) is 0.940. The summed E-state index contributed by atoms with van der Waals surface area (Å²) in [7, 11) is 1.45. The van der Waals surface area contributed by atoms with Gasteiger partial charge in [-0.15, -0.1) is 0 Å². The number of aliphatic hydroxyl groups is 1. The molecule has 0 aliphatic carbocycles. The zero-order valence-corrected chi connectivity index (χ0v) is 10.6. The lowest BCUT2D eigenvalue weighted by molar-refractivity contribution is -0.137. The highest BCUT2D eigenvalue weighted by atomic mass is 19.4. The van der Waals surface area contributed by atoms with Gasteiger partial charge < -0.3 is 9.84 Å². The van der Waals surface area contributed by atoms with Crippen molar-refractivity contribution in [1.82, 2.24) is 4.98 Å². The number of halogens is 3. The molecular formula is C14H12F3NO2. The third-order valence-corrected chi connectivity index (χ3v) is 2.87. The number of methoxy groups -OCH3 is 1. The van der Waals surface area contributed by atoms with Crippen molar-refractivity contribution < 1.29 is 23.0 Å². The minimum atomic E-state index is -4.36. The van der Waals surface area contributed by atoms with Crippen LogP contribution >= 0.6 is 0 Å². The van der Waals surface area contributed by atoms with Gasteiger partial charge in [0, 0.05) is 17.8 Å². The van der Waals surface area contributed by atoms with E-state index in [1.165, 1.54) is 25.4 Å². The first-order chi connectivity index (χ1) is 9.45. The van der Waals surface area contributed by atoms with Gasteiger partial charge in [-0.3, -0.25) is 0 Å². The fraction of sp³-hybridized carbons (Fsp3) is 0.214. The van der Waals surface area contributed by atoms with Gasteiger partial charge >= 0.3 is 6.18 Å². The molecule has 2 aromatic rings. The second-order valence-corrected chi connectivity index (χ2v) is 4.12. The summed E-state index contributed by atoms with van der Waals surface area (Å²) in [6.45, 7) is -0.255. The molecule has 3 nitrogen and oxygen atoms in total. The van der Waals surface area contributed by atoms with Crippen LogP contribution in [-0.2, 0) is 12.8 Å². The second kappa shape index (κ2) is 5.50. The molecule has 1 aromatic carbocycles. The third-order valence-electron chi connectivity index (χ3n) is 2.87. The summed E-state index contributed by atoms with van der Waals surface area (Å²) < 4.78 is 42.4. The van der Waals surface area contributed by atoms with Crippen LogP contribution in [0.3, 0.4) is 0 Å². The second-order valence-electron chi connectivity index (χ2n) is 4.12. The zero-order chi connectivity index (χ0) is 14.8. The maximum absolute atomic E-state index is 12.5. The standard InChI is InChI=1S/C14H12F3NO2/c1-20-13-6-10(8-19)12(7-18-13)9-2-4-11(5-3-9)14(15,16)17/h2-7,19H,8H2,1H3. The highest BCUT2D eigenvalue weighted by molar-refractivity contribution is 5.67. The maximum Gasteiger partial charge on any atom is 0.416 e. The largest absolute Gasteiger partial charge is 0.481 e. The normalized spacial score (nSPS) is 11.4. The summed E-state index contributed by atoms with van der Waals surface area (Å²) >= 11 is 0. The van der Waals surface area contributed by atoms with Crippen LogP contribution in [0.5, 0.6) is 5.88 Å². The van der Waals surface area contributed by atoms with E-state index >= 15 is 0 Å². The first-order valence-corrected chi connectivity index (χ1v) is 5.77. The van der Waals surface area contributed by atoms with Crippen molar-refractivity contribution >= 4 is 0 Å². The van der Waals surface area contributed by atoms with E-state index < -0.39 is 11.7 Å². The number of benzene rings is 1. The Kier molecular flexibility index (Phi) is 3.94. The van der Waals surface area contributed by atoms with Gasteiger partial charge in [0.15, 0.2) is 0 Å². The number of nitrogens with zero attached hydrogens (tertiary/aromatic N) is 1. The Hall–Kier alpha value is -2.08. The van der Waals surface area contributed by atoms with E-state index in [2.05, 4.69) is 4.98 Å². The SMILES string of the molecule is COc1cc(CO)c(-c2ccc(C(F)(F)F)cc2)cn1. The van der Waals surface area contributed by atoms with E-state index in [0.717, 1.165) is 12.1 Å². The van der Waals surface area contributed by atoms with Crippen LogP contribution in [0.2, 0.25) is 0 Å². The molecule has 0 amide bonds. The van der Waals surface area contributed by atoms with Crippen molar-refractivity contribution in [3.8, 4) is 17.0 Å². The molecule has 0 radical (unpaired) electrons. The number of pyridine rings is 1. The molecule has 1 heterocycles. The van der Waals surface area contributed by atoms with Gasteiger partial charge in [0.05, 0.1) is 19.3 Å². The number of alkyl halides is 3. The van der Waals surface area contributed by atoms with E-state index in [9.17, 15) is 18.3 Å². The average molecular weight is 283 g/mol. The number of rotatable bonds is 3. The van der Waals surface area contributed by atoms with Crippen molar-refractivity contribution in [1.29, 1.82) is 0 Å². The van der Waals surface area contributed by atoms with Gasteiger partial charge in [0.1, 0.15) is 0 Å². The molecule has 2 rings (SSSR count). The fourth-order valence-electron chi connectivity index (χ4n) is 1.82. The Bertz CT molecular complexity index is 594. The van der Waals surface area contributed by atoms with Crippen LogP contribution in [0.25, 0.3) is 11.1 Å². The van der Waals surface area contributed by atoms with Gasteiger partial charge in [0.2, 0.25) is 5.88 Å². The molecule has 106 valence electrons. The van der Waals surface area contributed by atoms with Crippen LogP contribution in [0, 0.1) is 0 Å². The molecule has 0 spiro atoms. The van der Waals surface area contributed by atoms with Gasteiger partial charge in [-0.2, -0.15) is 13.2 Å². The maximum atomic E-state index is 12.5. The predicted molar refractivity (Wildman–Crippen MR) is 67.1 cm³/mol. The van der Waals surface area contributed by atoms with E-state index in [0.29, 0.717) is 22.6 Å². The van der Waals surface area contributed by atoms with Crippen LogP contribution in [-0.4, -0.2) is 17.2 Å². The summed E-state index contributed by atoms with van der Waals surface area (Å²) in [6.07, 6.45) is -2.90. The molecule has 0 aliphatic rings. The van der Waals surface area contributed by atoms with Crippen molar-refractivity contribution in [3.05, 3.63) is 47.7 Å². The Labute approximate surface area is 113 Å². The van der Waals surface area contributed by atoms with Gasteiger partial charge in [-0.25, -0.2) is 4.98 Å². The molecule has 0 bridgehead atoms. The van der Waals surface area contributed by atoms with E-state index in [-0.39, 0.29) is 6.61 Å². The Morgan fingerprint density at radius 1 is 1.20 bits per heavy atom. The van der Waals surface area contributed by atoms with Crippen LogP contribution in [0.15, 0.2) is 36.5 Å². The van der Waals surface area contributed by atoms with E-state index in [1.807, 2.05) is 0 Å². The highest BCUT2D eigenvalue weighted by Crippen LogP contribution is 2.32. The fourth-order valence-corrected chi connectivity index (χ4v) is 1.82. The third kappa shape index (κ3) is 2.91. The molecular weight excluding hydrogens is 271 g/mol. The molecule has 0 saturated heterocycles. The molecule has 0 aliphatic heterocycles. The minimum Gasteiger partial charge on any atom is -0.481 e. The summed E-state index contributed by atoms with van der Waals surface area (Å²) in [5.41, 5.74) is 0.948. The highest BCUT2D eigenvalue weighted by Gasteiger charge is 2.30. The molecule has 6 heteroatoms. The summed E-state index contributed by atoms with van der Waals surface area (Å²) in [6, 6.07) is 6.26. The van der Waals surface area contributed by atoms with Crippen LogP contribution < -0.4 is 4.74 Å². The number of aromatic nitrogens is 1. The molecule has 1 aromatic heterocycles. The Morgan fingerprint density at radius 2 is 1.85 bits per heavy atom. The smallest absolute Gasteiger partial charge is 0.416 e. The summed E-state index contributed by atoms with van der Waals surface area (Å²) in [4.78, 5) is 4.00. The number of aliphatic hydroxyl groups excluding tert-OH is 1. The minimum absolute atomic E-state index is 0.255.